The SMILES string of the molecule is COC1(CNC=O)CCOC1. The molecule has 1 heterocycles. The Bertz CT molecular complexity index is 132. The van der Waals surface area contributed by atoms with Crippen LogP contribution >= 0.6 is 0 Å². The van der Waals surface area contributed by atoms with E-state index in [1.807, 2.05) is 0 Å². The van der Waals surface area contributed by atoms with Crippen LogP contribution in [-0.4, -0.2) is 38.9 Å². The van der Waals surface area contributed by atoms with Crippen LogP contribution in [0.4, 0.5) is 0 Å². The summed E-state index contributed by atoms with van der Waals surface area (Å²) in [5.41, 5.74) is -0.277. The summed E-state index contributed by atoms with van der Waals surface area (Å²) < 4.78 is 10.4. The number of amides is 1. The topological polar surface area (TPSA) is 47.6 Å². The highest BCUT2D eigenvalue weighted by molar-refractivity contribution is 5.46. The van der Waals surface area contributed by atoms with Crippen LogP contribution in [0.5, 0.6) is 0 Å². The fraction of sp³-hybridized carbons (Fsp3) is 0.857. The van der Waals surface area contributed by atoms with E-state index in [9.17, 15) is 4.79 Å². The van der Waals surface area contributed by atoms with Crippen molar-refractivity contribution in [3.63, 3.8) is 0 Å². The normalized spacial score (nSPS) is 30.3. The van der Waals surface area contributed by atoms with Gasteiger partial charge in [0, 0.05) is 26.7 Å². The molecule has 1 atom stereocenters. The van der Waals surface area contributed by atoms with Gasteiger partial charge in [0.15, 0.2) is 0 Å². The first-order chi connectivity index (χ1) is 5.33. The third-order valence-corrected chi connectivity index (χ3v) is 2.01. The molecule has 1 N–H and O–H groups in total. The number of carbonyl (C=O) groups is 1. The molecule has 1 fully saturated rings. The van der Waals surface area contributed by atoms with Gasteiger partial charge in [0.05, 0.1) is 6.61 Å². The van der Waals surface area contributed by atoms with Gasteiger partial charge in [0.1, 0.15) is 5.60 Å². The van der Waals surface area contributed by atoms with Gasteiger partial charge in [-0.3, -0.25) is 4.79 Å². The maximum Gasteiger partial charge on any atom is 0.207 e. The quantitative estimate of drug-likeness (QED) is 0.564. The van der Waals surface area contributed by atoms with Crippen molar-refractivity contribution in [2.24, 2.45) is 0 Å². The zero-order chi connectivity index (χ0) is 8.16. The first-order valence-electron chi connectivity index (χ1n) is 3.63. The van der Waals surface area contributed by atoms with E-state index in [-0.39, 0.29) is 5.60 Å². The van der Waals surface area contributed by atoms with E-state index in [2.05, 4.69) is 5.32 Å². The van der Waals surface area contributed by atoms with Gasteiger partial charge in [-0.05, 0) is 0 Å². The van der Waals surface area contributed by atoms with Crippen LogP contribution in [0.2, 0.25) is 0 Å². The number of hydrogen-bond donors (Lipinski definition) is 1. The minimum absolute atomic E-state index is 0.277. The van der Waals surface area contributed by atoms with Gasteiger partial charge in [0.2, 0.25) is 6.41 Å². The molecule has 4 nitrogen and oxygen atoms in total. The lowest BCUT2D eigenvalue weighted by molar-refractivity contribution is -0.111. The number of nitrogens with one attached hydrogen (secondary N) is 1. The molecule has 1 rings (SSSR count). The summed E-state index contributed by atoms with van der Waals surface area (Å²) in [5, 5.41) is 2.60. The Hall–Kier alpha value is -0.610. The molecule has 1 saturated heterocycles. The van der Waals surface area contributed by atoms with Crippen molar-refractivity contribution in [2.45, 2.75) is 12.0 Å². The third-order valence-electron chi connectivity index (χ3n) is 2.01. The van der Waals surface area contributed by atoms with E-state index < -0.39 is 0 Å². The maximum absolute atomic E-state index is 10.0. The zero-order valence-corrected chi connectivity index (χ0v) is 6.63. The van der Waals surface area contributed by atoms with Crippen molar-refractivity contribution in [1.82, 2.24) is 5.32 Å². The van der Waals surface area contributed by atoms with Gasteiger partial charge in [-0.15, -0.1) is 0 Å². The summed E-state index contributed by atoms with van der Waals surface area (Å²) in [5.74, 6) is 0. The molecule has 0 radical (unpaired) electrons. The fourth-order valence-corrected chi connectivity index (χ4v) is 1.19. The third kappa shape index (κ3) is 1.91. The predicted molar refractivity (Wildman–Crippen MR) is 39.2 cm³/mol. The summed E-state index contributed by atoms with van der Waals surface area (Å²) in [7, 11) is 1.64. The Labute approximate surface area is 65.9 Å². The minimum atomic E-state index is -0.277. The fourth-order valence-electron chi connectivity index (χ4n) is 1.19. The largest absolute Gasteiger partial charge is 0.378 e. The molecule has 0 spiro atoms. The van der Waals surface area contributed by atoms with E-state index in [0.717, 1.165) is 6.42 Å². The standard InChI is InChI=1S/C7H13NO3/c1-10-7(4-8-6-9)2-3-11-5-7/h6H,2-5H2,1H3,(H,8,9). The predicted octanol–water partition coefficient (Wildman–Crippen LogP) is -0.462. The van der Waals surface area contributed by atoms with Crippen molar-refractivity contribution in [1.29, 1.82) is 0 Å². The summed E-state index contributed by atoms with van der Waals surface area (Å²) in [4.78, 5) is 10.0. The lowest BCUT2D eigenvalue weighted by Gasteiger charge is -2.24. The first-order valence-corrected chi connectivity index (χ1v) is 3.63. The Kier molecular flexibility index (Phi) is 2.84. The minimum Gasteiger partial charge on any atom is -0.378 e. The van der Waals surface area contributed by atoms with Crippen LogP contribution in [0.3, 0.4) is 0 Å². The smallest absolute Gasteiger partial charge is 0.207 e. The van der Waals surface area contributed by atoms with E-state index in [0.29, 0.717) is 26.2 Å². The van der Waals surface area contributed by atoms with E-state index >= 15 is 0 Å². The van der Waals surface area contributed by atoms with E-state index in [4.69, 9.17) is 9.47 Å². The Morgan fingerprint density at radius 3 is 3.09 bits per heavy atom. The second-order valence-electron chi connectivity index (χ2n) is 2.69. The van der Waals surface area contributed by atoms with Crippen molar-refractivity contribution in [3.05, 3.63) is 0 Å². The first kappa shape index (κ1) is 8.49. The number of rotatable bonds is 4. The molecule has 1 aliphatic heterocycles. The van der Waals surface area contributed by atoms with E-state index in [1.54, 1.807) is 7.11 Å². The lowest BCUT2D eigenvalue weighted by atomic mass is 10.0. The van der Waals surface area contributed by atoms with Gasteiger partial charge in [-0.25, -0.2) is 0 Å². The second kappa shape index (κ2) is 3.69. The Balaban J connectivity index is 2.38. The lowest BCUT2D eigenvalue weighted by Crippen LogP contribution is -2.42. The molecule has 0 saturated carbocycles. The van der Waals surface area contributed by atoms with Gasteiger partial charge >= 0.3 is 0 Å². The number of ether oxygens (including phenoxy) is 2. The summed E-state index contributed by atoms with van der Waals surface area (Å²) in [6.07, 6.45) is 1.53. The monoisotopic (exact) mass is 159 g/mol. The Morgan fingerprint density at radius 2 is 2.64 bits per heavy atom. The number of carbonyl (C=O) groups excluding carboxylic acids is 1. The highest BCUT2D eigenvalue weighted by Crippen LogP contribution is 2.20. The average molecular weight is 159 g/mol. The summed E-state index contributed by atoms with van der Waals surface area (Å²) in [6.45, 7) is 1.83. The van der Waals surface area contributed by atoms with Gasteiger partial charge in [-0.2, -0.15) is 0 Å². The molecule has 0 bridgehead atoms. The van der Waals surface area contributed by atoms with Crippen LogP contribution < -0.4 is 5.32 Å². The zero-order valence-electron chi connectivity index (χ0n) is 6.63. The molecule has 0 aromatic rings. The number of hydrogen-bond acceptors (Lipinski definition) is 3. The second-order valence-corrected chi connectivity index (χ2v) is 2.69. The molecule has 1 aliphatic rings. The Morgan fingerprint density at radius 1 is 1.82 bits per heavy atom. The average Bonchev–Trinajstić information content (AvgIpc) is 2.50. The van der Waals surface area contributed by atoms with Crippen molar-refractivity contribution in [3.8, 4) is 0 Å². The molecule has 0 aromatic heterocycles. The van der Waals surface area contributed by atoms with Crippen LogP contribution in [0.15, 0.2) is 0 Å². The van der Waals surface area contributed by atoms with Crippen molar-refractivity contribution < 1.29 is 14.3 Å². The number of methoxy groups -OCH3 is 1. The summed E-state index contributed by atoms with van der Waals surface area (Å²) >= 11 is 0. The molecular formula is C7H13NO3. The maximum atomic E-state index is 10.0. The van der Waals surface area contributed by atoms with Crippen molar-refractivity contribution >= 4 is 6.41 Å². The molecule has 1 unspecified atom stereocenters. The molecule has 4 heteroatoms. The van der Waals surface area contributed by atoms with E-state index in [1.165, 1.54) is 0 Å². The molecule has 1 amide bonds. The molecular weight excluding hydrogens is 146 g/mol. The highest BCUT2D eigenvalue weighted by Gasteiger charge is 2.34. The van der Waals surface area contributed by atoms with Gasteiger partial charge < -0.3 is 14.8 Å². The van der Waals surface area contributed by atoms with Crippen LogP contribution in [0.1, 0.15) is 6.42 Å². The van der Waals surface area contributed by atoms with Gasteiger partial charge in [-0.1, -0.05) is 0 Å². The van der Waals surface area contributed by atoms with Crippen LogP contribution in [-0.2, 0) is 14.3 Å². The molecule has 0 aromatic carbocycles. The van der Waals surface area contributed by atoms with Crippen molar-refractivity contribution in [2.75, 3.05) is 26.9 Å². The summed E-state index contributed by atoms with van der Waals surface area (Å²) in [6, 6.07) is 0. The molecule has 0 aliphatic carbocycles. The van der Waals surface area contributed by atoms with Gasteiger partial charge in [0.25, 0.3) is 0 Å². The van der Waals surface area contributed by atoms with Crippen LogP contribution in [0.25, 0.3) is 0 Å². The molecule has 11 heavy (non-hydrogen) atoms. The highest BCUT2D eigenvalue weighted by atomic mass is 16.5. The van der Waals surface area contributed by atoms with Crippen LogP contribution in [0, 0.1) is 0 Å². The molecule has 64 valence electrons.